The number of rotatable bonds is 4. The number of thioether (sulfide) groups is 1. The summed E-state index contributed by atoms with van der Waals surface area (Å²) < 4.78 is 15.9. The SMILES string of the molecule is COc1cc(/C=C2\N=C(SC)N(C)C2=O)cc(OC)c1OC. The first kappa shape index (κ1) is 16.2. The summed E-state index contributed by atoms with van der Waals surface area (Å²) in [5.74, 6) is 1.43. The molecule has 6 nitrogen and oxygen atoms in total. The van der Waals surface area contributed by atoms with Crippen LogP contribution in [0.4, 0.5) is 0 Å². The molecular formula is C15H18N2O4S. The number of amidine groups is 1. The summed E-state index contributed by atoms with van der Waals surface area (Å²) in [6.07, 6.45) is 3.58. The van der Waals surface area contributed by atoms with Gasteiger partial charge in [-0.1, -0.05) is 11.8 Å². The van der Waals surface area contributed by atoms with Crippen molar-refractivity contribution >= 4 is 28.9 Å². The maximum atomic E-state index is 12.2. The van der Waals surface area contributed by atoms with Gasteiger partial charge in [0.1, 0.15) is 5.70 Å². The topological polar surface area (TPSA) is 60.4 Å². The molecule has 0 fully saturated rings. The Morgan fingerprint density at radius 2 is 1.73 bits per heavy atom. The van der Waals surface area contributed by atoms with Crippen molar-refractivity contribution in [3.8, 4) is 17.2 Å². The minimum atomic E-state index is -0.141. The lowest BCUT2D eigenvalue weighted by molar-refractivity contribution is -0.121. The third-order valence-electron chi connectivity index (χ3n) is 3.20. The van der Waals surface area contributed by atoms with Gasteiger partial charge in [-0.05, 0) is 30.0 Å². The largest absolute Gasteiger partial charge is 0.493 e. The minimum absolute atomic E-state index is 0.141. The number of nitrogens with zero attached hydrogens (tertiary/aromatic N) is 2. The molecule has 22 heavy (non-hydrogen) atoms. The predicted molar refractivity (Wildman–Crippen MR) is 87.8 cm³/mol. The molecule has 0 N–H and O–H groups in total. The van der Waals surface area contributed by atoms with Gasteiger partial charge in [0.25, 0.3) is 5.91 Å². The Kier molecular flexibility index (Phi) is 4.97. The fourth-order valence-corrected chi connectivity index (χ4v) is 2.65. The van der Waals surface area contributed by atoms with E-state index in [0.29, 0.717) is 28.1 Å². The van der Waals surface area contributed by atoms with Gasteiger partial charge >= 0.3 is 0 Å². The molecule has 0 saturated heterocycles. The number of hydrogen-bond acceptors (Lipinski definition) is 6. The summed E-state index contributed by atoms with van der Waals surface area (Å²) >= 11 is 1.42. The van der Waals surface area contributed by atoms with Crippen LogP contribution >= 0.6 is 11.8 Å². The number of carbonyl (C=O) groups excluding carboxylic acids is 1. The monoisotopic (exact) mass is 322 g/mol. The normalized spacial score (nSPS) is 16.0. The van der Waals surface area contributed by atoms with Crippen LogP contribution in [0.2, 0.25) is 0 Å². The van der Waals surface area contributed by atoms with Gasteiger partial charge in [-0.3, -0.25) is 9.69 Å². The van der Waals surface area contributed by atoms with E-state index in [1.807, 2.05) is 6.26 Å². The number of benzene rings is 1. The zero-order chi connectivity index (χ0) is 16.3. The van der Waals surface area contributed by atoms with Gasteiger partial charge in [0, 0.05) is 7.05 Å². The van der Waals surface area contributed by atoms with Crippen molar-refractivity contribution in [1.82, 2.24) is 4.90 Å². The highest BCUT2D eigenvalue weighted by molar-refractivity contribution is 8.13. The van der Waals surface area contributed by atoms with Crippen LogP contribution in [0.5, 0.6) is 17.2 Å². The maximum Gasteiger partial charge on any atom is 0.278 e. The summed E-state index contributed by atoms with van der Waals surface area (Å²) in [5.41, 5.74) is 1.12. The third kappa shape index (κ3) is 2.89. The molecule has 1 aliphatic rings. The molecule has 7 heteroatoms. The fraction of sp³-hybridized carbons (Fsp3) is 0.333. The smallest absolute Gasteiger partial charge is 0.278 e. The summed E-state index contributed by atoms with van der Waals surface area (Å²) in [4.78, 5) is 18.0. The van der Waals surface area contributed by atoms with Crippen LogP contribution in [0.1, 0.15) is 5.56 Å². The van der Waals surface area contributed by atoms with E-state index in [1.54, 1.807) is 46.6 Å². The van der Waals surface area contributed by atoms with Crippen molar-refractivity contribution in [2.45, 2.75) is 0 Å². The molecule has 0 radical (unpaired) electrons. The van der Waals surface area contributed by atoms with Gasteiger partial charge in [0.15, 0.2) is 16.7 Å². The summed E-state index contributed by atoms with van der Waals surface area (Å²) in [5, 5.41) is 0.670. The van der Waals surface area contributed by atoms with Gasteiger partial charge in [0.2, 0.25) is 5.75 Å². The lowest BCUT2D eigenvalue weighted by Crippen LogP contribution is -2.25. The number of hydrogen-bond donors (Lipinski definition) is 0. The second-order valence-electron chi connectivity index (χ2n) is 4.45. The first-order valence-electron chi connectivity index (χ1n) is 6.48. The van der Waals surface area contributed by atoms with E-state index in [2.05, 4.69) is 4.99 Å². The van der Waals surface area contributed by atoms with Crippen molar-refractivity contribution in [3.63, 3.8) is 0 Å². The van der Waals surface area contributed by atoms with Crippen LogP contribution in [-0.4, -0.2) is 50.6 Å². The Hall–Kier alpha value is -2.15. The Bertz CT molecular complexity index is 630. The van der Waals surface area contributed by atoms with Crippen LogP contribution in [0, 0.1) is 0 Å². The number of amides is 1. The van der Waals surface area contributed by atoms with E-state index in [4.69, 9.17) is 14.2 Å². The number of methoxy groups -OCH3 is 3. The van der Waals surface area contributed by atoms with Crippen molar-refractivity contribution in [2.24, 2.45) is 4.99 Å². The Labute approximate surface area is 133 Å². The summed E-state index contributed by atoms with van der Waals surface area (Å²) in [6.45, 7) is 0. The van der Waals surface area contributed by atoms with E-state index in [1.165, 1.54) is 16.7 Å². The molecule has 1 aromatic rings. The molecule has 0 unspecified atom stereocenters. The van der Waals surface area contributed by atoms with E-state index in [9.17, 15) is 4.79 Å². The number of carbonyl (C=O) groups is 1. The third-order valence-corrected chi connectivity index (χ3v) is 3.93. The predicted octanol–water partition coefficient (Wildman–Crippen LogP) is 2.24. The van der Waals surface area contributed by atoms with Gasteiger partial charge in [-0.15, -0.1) is 0 Å². The van der Waals surface area contributed by atoms with Crippen LogP contribution in [0.3, 0.4) is 0 Å². The van der Waals surface area contributed by atoms with Crippen LogP contribution in [-0.2, 0) is 4.79 Å². The molecule has 1 aromatic carbocycles. The highest BCUT2D eigenvalue weighted by atomic mass is 32.2. The zero-order valence-corrected chi connectivity index (χ0v) is 14.0. The number of ether oxygens (including phenoxy) is 3. The molecule has 0 aromatic heterocycles. The molecule has 0 saturated carbocycles. The van der Waals surface area contributed by atoms with E-state index in [-0.39, 0.29) is 5.91 Å². The fourth-order valence-electron chi connectivity index (χ4n) is 2.10. The van der Waals surface area contributed by atoms with Gasteiger partial charge in [-0.25, -0.2) is 4.99 Å². The van der Waals surface area contributed by atoms with Crippen LogP contribution in [0.15, 0.2) is 22.8 Å². The number of likely N-dealkylation sites (N-methyl/N-ethyl adjacent to an activating group) is 1. The van der Waals surface area contributed by atoms with E-state index in [0.717, 1.165) is 5.56 Å². The highest BCUT2D eigenvalue weighted by Gasteiger charge is 2.26. The molecular weight excluding hydrogens is 304 g/mol. The quantitative estimate of drug-likeness (QED) is 0.796. The number of aliphatic imine (C=N–C) groups is 1. The maximum absolute atomic E-state index is 12.2. The summed E-state index contributed by atoms with van der Waals surface area (Å²) in [6, 6.07) is 3.54. The molecule has 2 rings (SSSR count). The second kappa shape index (κ2) is 6.74. The Balaban J connectivity index is 2.48. The Morgan fingerprint density at radius 3 is 2.14 bits per heavy atom. The lowest BCUT2D eigenvalue weighted by Gasteiger charge is -2.13. The molecule has 1 aliphatic heterocycles. The van der Waals surface area contributed by atoms with Crippen molar-refractivity contribution in [2.75, 3.05) is 34.6 Å². The average Bonchev–Trinajstić information content (AvgIpc) is 2.81. The highest BCUT2D eigenvalue weighted by Crippen LogP contribution is 2.39. The first-order chi connectivity index (χ1) is 10.5. The lowest BCUT2D eigenvalue weighted by atomic mass is 10.1. The van der Waals surface area contributed by atoms with Gasteiger partial charge < -0.3 is 14.2 Å². The minimum Gasteiger partial charge on any atom is -0.493 e. The first-order valence-corrected chi connectivity index (χ1v) is 7.70. The molecule has 0 spiro atoms. The van der Waals surface area contributed by atoms with Crippen molar-refractivity contribution in [3.05, 3.63) is 23.4 Å². The van der Waals surface area contributed by atoms with E-state index >= 15 is 0 Å². The molecule has 1 amide bonds. The summed E-state index contributed by atoms with van der Waals surface area (Å²) in [7, 11) is 6.34. The Morgan fingerprint density at radius 1 is 1.14 bits per heavy atom. The molecule has 0 bridgehead atoms. The molecule has 0 aliphatic carbocycles. The van der Waals surface area contributed by atoms with Crippen molar-refractivity contribution < 1.29 is 19.0 Å². The molecule has 1 heterocycles. The standard InChI is InChI=1S/C15H18N2O4S/c1-17-14(18)10(16-15(17)22-5)6-9-7-11(19-2)13(21-4)12(8-9)20-3/h6-8H,1-5H3/b10-6-. The molecule has 118 valence electrons. The zero-order valence-electron chi connectivity index (χ0n) is 13.2. The van der Waals surface area contributed by atoms with Gasteiger partial charge in [0.05, 0.1) is 21.3 Å². The van der Waals surface area contributed by atoms with E-state index < -0.39 is 0 Å². The van der Waals surface area contributed by atoms with Crippen molar-refractivity contribution in [1.29, 1.82) is 0 Å². The average molecular weight is 322 g/mol. The second-order valence-corrected chi connectivity index (χ2v) is 5.22. The van der Waals surface area contributed by atoms with Gasteiger partial charge in [-0.2, -0.15) is 0 Å². The van der Waals surface area contributed by atoms with Crippen LogP contribution < -0.4 is 14.2 Å². The molecule has 0 atom stereocenters. The van der Waals surface area contributed by atoms with Crippen LogP contribution in [0.25, 0.3) is 6.08 Å².